The zero-order valence-electron chi connectivity index (χ0n) is 35.7. The second-order valence-electron chi connectivity index (χ2n) is 17.6. The Hall–Kier alpha value is -4.57. The fourth-order valence-electron chi connectivity index (χ4n) is 7.75. The van der Waals surface area contributed by atoms with Crippen LogP contribution < -0.4 is 14.8 Å². The van der Waals surface area contributed by atoms with Crippen LogP contribution in [0.1, 0.15) is 62.8 Å². The van der Waals surface area contributed by atoms with Gasteiger partial charge in [0.2, 0.25) is 0 Å². The number of anilines is 2. The summed E-state index contributed by atoms with van der Waals surface area (Å²) >= 11 is 15.0. The maximum Gasteiger partial charge on any atom is 0.183 e. The molecule has 2 aliphatic rings. The predicted molar refractivity (Wildman–Crippen MR) is 248 cm³/mol. The molecule has 332 valence electrons. The van der Waals surface area contributed by atoms with Gasteiger partial charge in [-0.3, -0.25) is 0 Å². The van der Waals surface area contributed by atoms with Gasteiger partial charge in [-0.05, 0) is 122 Å². The van der Waals surface area contributed by atoms with Gasteiger partial charge in [0.25, 0.3) is 0 Å². The molecule has 0 bridgehead atoms. The molecule has 3 aromatic heterocycles. The summed E-state index contributed by atoms with van der Waals surface area (Å²) in [6.45, 7) is 8.15. The van der Waals surface area contributed by atoms with Gasteiger partial charge < -0.3 is 19.5 Å². The molecule has 1 N–H and O–H groups in total. The van der Waals surface area contributed by atoms with Crippen LogP contribution in [0.5, 0.6) is 11.5 Å². The van der Waals surface area contributed by atoms with E-state index >= 15 is 0 Å². The van der Waals surface area contributed by atoms with Gasteiger partial charge in [0.05, 0.1) is 45.2 Å². The van der Waals surface area contributed by atoms with E-state index in [0.717, 1.165) is 28.6 Å². The molecule has 2 aliphatic carbocycles. The van der Waals surface area contributed by atoms with Crippen LogP contribution in [0.2, 0.25) is 35.7 Å². The van der Waals surface area contributed by atoms with Crippen molar-refractivity contribution < 1.29 is 23.0 Å². The first kappa shape index (κ1) is 47.9. The Morgan fingerprint density at radius 3 is 1.76 bits per heavy atom. The van der Waals surface area contributed by atoms with E-state index in [2.05, 4.69) is 63.1 Å². The molecule has 2 aromatic carbocycles. The molecule has 0 unspecified atom stereocenters. The van der Waals surface area contributed by atoms with Crippen LogP contribution in [0.4, 0.5) is 20.4 Å². The van der Waals surface area contributed by atoms with Crippen LogP contribution in [0, 0.1) is 45.1 Å². The lowest BCUT2D eigenvalue weighted by Crippen LogP contribution is -2.33. The third-order valence-corrected chi connectivity index (χ3v) is 14.1. The van der Waals surface area contributed by atoms with E-state index < -0.39 is 30.5 Å². The number of halogens is 5. The van der Waals surface area contributed by atoms with Gasteiger partial charge in [0, 0.05) is 51.2 Å². The third kappa shape index (κ3) is 14.0. The van der Waals surface area contributed by atoms with Crippen LogP contribution in [-0.2, 0) is 24.3 Å². The predicted octanol–water partition coefficient (Wildman–Crippen LogP) is 12.9. The van der Waals surface area contributed by atoms with E-state index in [0.29, 0.717) is 82.6 Å². The highest BCUT2D eigenvalue weighted by molar-refractivity contribution is 9.10. The molecule has 3 heterocycles. The molecule has 63 heavy (non-hydrogen) atoms. The monoisotopic (exact) mass is 977 g/mol. The Bertz CT molecular complexity index is 2390. The zero-order chi connectivity index (χ0) is 45.0. The Labute approximate surface area is 388 Å². The number of nitrogens with zero attached hydrogens (tertiary/aromatic N) is 6. The normalized spacial score (nSPS) is 21.0. The molecule has 2 saturated carbocycles. The Balaban J connectivity index is 0.000000228. The Morgan fingerprint density at radius 1 is 0.746 bits per heavy atom. The summed E-state index contributed by atoms with van der Waals surface area (Å²) in [5.74, 6) is 0.626. The van der Waals surface area contributed by atoms with Gasteiger partial charge in [-0.15, -0.1) is 0 Å². The minimum atomic E-state index is -1.11. The fraction of sp³-hybridized carbons (Fsp3) is 0.426. The molecule has 16 heteroatoms. The summed E-state index contributed by atoms with van der Waals surface area (Å²) in [6, 6.07) is 29.0. The highest BCUT2D eigenvalue weighted by atomic mass is 79.9. The third-order valence-electron chi connectivity index (χ3n) is 11.4. The molecule has 2 fully saturated rings. The molecule has 0 amide bonds. The zero-order valence-corrected chi connectivity index (χ0v) is 39.8. The van der Waals surface area contributed by atoms with E-state index in [4.69, 9.17) is 42.4 Å². The van der Waals surface area contributed by atoms with E-state index in [1.807, 2.05) is 48.7 Å². The molecular weight excluding hydrogens is 927 g/mol. The second-order valence-corrected chi connectivity index (χ2v) is 24.8. The minimum absolute atomic E-state index is 0.0433. The average molecular weight is 980 g/mol. The quantitative estimate of drug-likeness (QED) is 0.0619. The van der Waals surface area contributed by atoms with Gasteiger partial charge in [0.15, 0.2) is 29.0 Å². The molecule has 10 nitrogen and oxygen atoms in total. The highest BCUT2D eigenvalue weighted by Crippen LogP contribution is 2.42. The van der Waals surface area contributed by atoms with E-state index in [1.165, 1.54) is 12.1 Å². The SMILES string of the molecule is C[Si](C)(C)CCOCn1ccc(Nc2cccc(CC3(C#N)CCC(Oc4cccc(Cl)c4F)CC3)n2)n1.N#CC1(Cc2cccc(Br)n2)CCC(Oc2cccc(Cl)c2F)CC1. The van der Waals surface area contributed by atoms with Crippen molar-refractivity contribution in [2.75, 3.05) is 11.9 Å². The molecule has 0 saturated heterocycles. The van der Waals surface area contributed by atoms with E-state index in [-0.39, 0.29) is 33.8 Å². The van der Waals surface area contributed by atoms with Crippen LogP contribution in [0.15, 0.2) is 89.7 Å². The van der Waals surface area contributed by atoms with Crippen molar-refractivity contribution in [2.45, 2.75) is 109 Å². The molecule has 0 atom stereocenters. The number of ether oxygens (including phenoxy) is 3. The van der Waals surface area contributed by atoms with Gasteiger partial charge in [-0.1, -0.05) is 67.1 Å². The summed E-state index contributed by atoms with van der Waals surface area (Å²) in [5.41, 5.74) is 0.760. The van der Waals surface area contributed by atoms with Crippen LogP contribution in [0.25, 0.3) is 0 Å². The standard InChI is InChI=1S/C28H35ClFN5O2Si.C19H17BrClFN2O/c1-38(2,3)17-16-36-20-35-15-12-26(34-35)33-25-9-4-6-21(32-25)18-28(19-31)13-10-22(11-14-28)37-24-8-5-7-23(29)27(24)30;20-17-6-1-3-13(24-17)11-19(12-23)9-7-14(8-10-19)25-16-5-2-4-15(21)18(16)22/h4-9,12,15,22H,10-11,13-14,16-18,20H2,1-3H3,(H,32,33,34);1-6,14H,7-11H2. The van der Waals surface area contributed by atoms with E-state index in [1.54, 1.807) is 28.9 Å². The number of nitrogens with one attached hydrogen (secondary N) is 1. The van der Waals surface area contributed by atoms with Crippen molar-refractivity contribution >= 4 is 58.8 Å². The number of nitriles is 2. The first-order valence-electron chi connectivity index (χ1n) is 21.2. The lowest BCUT2D eigenvalue weighted by Gasteiger charge is -2.35. The summed E-state index contributed by atoms with van der Waals surface area (Å²) in [7, 11) is -1.11. The smallest absolute Gasteiger partial charge is 0.183 e. The number of pyridine rings is 2. The van der Waals surface area contributed by atoms with Crippen molar-refractivity contribution in [1.82, 2.24) is 19.7 Å². The summed E-state index contributed by atoms with van der Waals surface area (Å²) in [6.07, 6.45) is 8.19. The molecule has 0 radical (unpaired) electrons. The van der Waals surface area contributed by atoms with E-state index in [9.17, 15) is 19.3 Å². The van der Waals surface area contributed by atoms with Crippen molar-refractivity contribution in [2.24, 2.45) is 10.8 Å². The highest BCUT2D eigenvalue weighted by Gasteiger charge is 2.38. The number of rotatable bonds is 15. The van der Waals surface area contributed by atoms with Crippen LogP contribution >= 0.6 is 39.1 Å². The summed E-state index contributed by atoms with van der Waals surface area (Å²) < 4.78 is 48.2. The molecule has 7 rings (SSSR count). The first-order valence-corrected chi connectivity index (χ1v) is 26.4. The molecule has 5 aromatic rings. The fourth-order valence-corrected chi connectivity index (χ4v) is 9.22. The van der Waals surface area contributed by atoms with Crippen LogP contribution in [0.3, 0.4) is 0 Å². The van der Waals surface area contributed by atoms with Gasteiger partial charge in [-0.25, -0.2) is 23.4 Å². The average Bonchev–Trinajstić information content (AvgIpc) is 3.71. The van der Waals surface area contributed by atoms with Gasteiger partial charge in [0.1, 0.15) is 17.2 Å². The molecular formula is C47H52BrCl2F2N7O3Si. The number of hydrogen-bond donors (Lipinski definition) is 1. The van der Waals surface area contributed by atoms with Crippen molar-refractivity contribution in [3.8, 4) is 23.6 Å². The summed E-state index contributed by atoms with van der Waals surface area (Å²) in [4.78, 5) is 9.18. The van der Waals surface area contributed by atoms with Crippen molar-refractivity contribution in [3.05, 3.63) is 123 Å². The minimum Gasteiger partial charge on any atom is -0.487 e. The maximum absolute atomic E-state index is 14.2. The van der Waals surface area contributed by atoms with Gasteiger partial charge in [-0.2, -0.15) is 15.6 Å². The largest absolute Gasteiger partial charge is 0.487 e. The number of hydrogen-bond acceptors (Lipinski definition) is 9. The summed E-state index contributed by atoms with van der Waals surface area (Å²) in [5, 5.41) is 27.7. The van der Waals surface area contributed by atoms with Crippen LogP contribution in [-0.4, -0.2) is 46.6 Å². The Kier molecular flexibility index (Phi) is 16.6. The lowest BCUT2D eigenvalue weighted by atomic mass is 9.71. The number of benzene rings is 2. The second kappa shape index (κ2) is 21.9. The number of aromatic nitrogens is 4. The molecule has 0 aliphatic heterocycles. The lowest BCUT2D eigenvalue weighted by molar-refractivity contribution is 0.0788. The topological polar surface area (TPSA) is 131 Å². The first-order chi connectivity index (χ1) is 30.2. The molecule has 0 spiro atoms. The van der Waals surface area contributed by atoms with Gasteiger partial charge >= 0.3 is 0 Å². The Morgan fingerprint density at radius 2 is 1.25 bits per heavy atom. The van der Waals surface area contributed by atoms with Crippen molar-refractivity contribution in [1.29, 1.82) is 10.5 Å². The maximum atomic E-state index is 14.2. The van der Waals surface area contributed by atoms with Crippen molar-refractivity contribution in [3.63, 3.8) is 0 Å².